The summed E-state index contributed by atoms with van der Waals surface area (Å²) in [7, 11) is 0. The molecule has 0 fully saturated rings. The van der Waals surface area contributed by atoms with Gasteiger partial charge in [-0.1, -0.05) is 63.2 Å². The molecule has 0 radical (unpaired) electrons. The molecule has 0 saturated heterocycles. The van der Waals surface area contributed by atoms with Gasteiger partial charge in [0.05, 0.1) is 11.1 Å². The molecule has 0 aliphatic carbocycles. The van der Waals surface area contributed by atoms with Gasteiger partial charge < -0.3 is 10.2 Å². The van der Waals surface area contributed by atoms with Crippen LogP contribution in [0.1, 0.15) is 52.6 Å². The highest BCUT2D eigenvalue weighted by Crippen LogP contribution is 2.41. The molecule has 3 aromatic carbocycles. The first-order valence-corrected chi connectivity index (χ1v) is 9.41. The normalized spacial score (nSPS) is 11.3. The topological polar surface area (TPSA) is 74.6 Å². The minimum absolute atomic E-state index is 0.150. The second kappa shape index (κ2) is 7.55. The number of aryl methyl sites for hydroxylation is 1. The average molecular weight is 388 g/mol. The Kier molecular flexibility index (Phi) is 5.29. The van der Waals surface area contributed by atoms with E-state index in [4.69, 9.17) is 0 Å². The molecule has 148 valence electrons. The van der Waals surface area contributed by atoms with E-state index in [1.807, 2.05) is 13.0 Å². The van der Waals surface area contributed by atoms with Crippen LogP contribution in [0, 0.1) is 6.92 Å². The van der Waals surface area contributed by atoms with Crippen molar-refractivity contribution in [3.8, 4) is 22.3 Å². The van der Waals surface area contributed by atoms with Gasteiger partial charge in [-0.15, -0.1) is 0 Å². The minimum atomic E-state index is -1.02. The lowest BCUT2D eigenvalue weighted by Gasteiger charge is -2.24. The Morgan fingerprint density at radius 2 is 1.21 bits per heavy atom. The first-order chi connectivity index (χ1) is 13.6. The van der Waals surface area contributed by atoms with E-state index in [1.54, 1.807) is 48.5 Å². The van der Waals surface area contributed by atoms with Crippen molar-refractivity contribution in [2.24, 2.45) is 0 Å². The smallest absolute Gasteiger partial charge is 0.336 e. The average Bonchev–Trinajstić information content (AvgIpc) is 2.66. The van der Waals surface area contributed by atoms with E-state index in [2.05, 4.69) is 26.8 Å². The number of carboxylic acid groups (broad SMARTS) is 2. The zero-order valence-electron chi connectivity index (χ0n) is 17.0. The standard InChI is InChI=1S/C25H24O4/c1-15-13-16(25(2,3)4)14-21(17-9-5-7-11-19(17)23(26)27)22(15)18-10-6-8-12-20(18)24(28)29/h5-14H,1-4H3,(H,26,27)(H,28,29). The Morgan fingerprint density at radius 1 is 0.724 bits per heavy atom. The third kappa shape index (κ3) is 3.92. The fraction of sp³-hybridized carbons (Fsp3) is 0.200. The highest BCUT2D eigenvalue weighted by molar-refractivity contribution is 6.03. The molecule has 4 heteroatoms. The summed E-state index contributed by atoms with van der Waals surface area (Å²) in [6.45, 7) is 8.23. The van der Waals surface area contributed by atoms with Crippen LogP contribution < -0.4 is 0 Å². The predicted octanol–water partition coefficient (Wildman–Crippen LogP) is 6.02. The van der Waals surface area contributed by atoms with E-state index >= 15 is 0 Å². The Bertz CT molecular complexity index is 1100. The first-order valence-electron chi connectivity index (χ1n) is 9.41. The van der Waals surface area contributed by atoms with Crippen LogP contribution >= 0.6 is 0 Å². The van der Waals surface area contributed by atoms with Gasteiger partial charge in [0.15, 0.2) is 0 Å². The molecule has 0 aliphatic rings. The van der Waals surface area contributed by atoms with Gasteiger partial charge in [-0.25, -0.2) is 9.59 Å². The predicted molar refractivity (Wildman–Crippen MR) is 115 cm³/mol. The molecule has 0 heterocycles. The maximum Gasteiger partial charge on any atom is 0.336 e. The molecule has 0 atom stereocenters. The molecule has 2 N–H and O–H groups in total. The summed E-state index contributed by atoms with van der Waals surface area (Å²) in [6, 6.07) is 17.7. The number of carbonyl (C=O) groups is 2. The Labute approximate surface area is 170 Å². The summed E-state index contributed by atoms with van der Waals surface area (Å²) in [4.78, 5) is 23.8. The van der Waals surface area contributed by atoms with Gasteiger partial charge >= 0.3 is 11.9 Å². The van der Waals surface area contributed by atoms with Gasteiger partial charge in [-0.3, -0.25) is 0 Å². The fourth-order valence-electron chi connectivity index (χ4n) is 3.58. The summed E-state index contributed by atoms with van der Waals surface area (Å²) in [5.74, 6) is -2.03. The molecular formula is C25H24O4. The van der Waals surface area contributed by atoms with Crippen molar-refractivity contribution in [3.63, 3.8) is 0 Å². The van der Waals surface area contributed by atoms with Gasteiger partial charge in [0.2, 0.25) is 0 Å². The number of benzene rings is 3. The molecule has 3 rings (SSSR count). The highest BCUT2D eigenvalue weighted by atomic mass is 16.4. The quantitative estimate of drug-likeness (QED) is 0.573. The number of rotatable bonds is 4. The Hall–Kier alpha value is -3.40. The van der Waals surface area contributed by atoms with Crippen LogP contribution in [-0.2, 0) is 5.41 Å². The van der Waals surface area contributed by atoms with Crippen molar-refractivity contribution >= 4 is 11.9 Å². The lowest BCUT2D eigenvalue weighted by Crippen LogP contribution is -2.13. The lowest BCUT2D eigenvalue weighted by molar-refractivity contribution is 0.0686. The van der Waals surface area contributed by atoms with Crippen LogP contribution in [-0.4, -0.2) is 22.2 Å². The zero-order chi connectivity index (χ0) is 21.3. The van der Waals surface area contributed by atoms with E-state index < -0.39 is 11.9 Å². The summed E-state index contributed by atoms with van der Waals surface area (Å²) in [6.07, 6.45) is 0. The van der Waals surface area contributed by atoms with Gasteiger partial charge in [-0.05, 0) is 63.9 Å². The van der Waals surface area contributed by atoms with Crippen molar-refractivity contribution in [3.05, 3.63) is 82.9 Å². The van der Waals surface area contributed by atoms with Crippen LogP contribution in [0.15, 0.2) is 60.7 Å². The maximum atomic E-state index is 11.9. The van der Waals surface area contributed by atoms with Crippen molar-refractivity contribution in [1.29, 1.82) is 0 Å². The van der Waals surface area contributed by atoms with Gasteiger partial charge in [0, 0.05) is 0 Å². The van der Waals surface area contributed by atoms with E-state index in [1.165, 1.54) is 0 Å². The van der Waals surface area contributed by atoms with E-state index in [-0.39, 0.29) is 16.5 Å². The van der Waals surface area contributed by atoms with Crippen LogP contribution in [0.5, 0.6) is 0 Å². The Morgan fingerprint density at radius 3 is 1.72 bits per heavy atom. The maximum absolute atomic E-state index is 11.9. The first kappa shape index (κ1) is 20.3. The molecule has 0 aliphatic heterocycles. The third-order valence-electron chi connectivity index (χ3n) is 5.08. The monoisotopic (exact) mass is 388 g/mol. The van der Waals surface area contributed by atoms with Gasteiger partial charge in [0.1, 0.15) is 0 Å². The molecule has 0 saturated carbocycles. The minimum Gasteiger partial charge on any atom is -0.478 e. The highest BCUT2D eigenvalue weighted by Gasteiger charge is 2.23. The summed E-state index contributed by atoms with van der Waals surface area (Å²) >= 11 is 0. The number of aromatic carboxylic acids is 2. The largest absolute Gasteiger partial charge is 0.478 e. The van der Waals surface area contributed by atoms with Crippen molar-refractivity contribution < 1.29 is 19.8 Å². The molecule has 4 nitrogen and oxygen atoms in total. The molecular weight excluding hydrogens is 364 g/mol. The SMILES string of the molecule is Cc1cc(C(C)(C)C)cc(-c2ccccc2C(=O)O)c1-c1ccccc1C(=O)O. The molecule has 0 unspecified atom stereocenters. The molecule has 0 aromatic heterocycles. The lowest BCUT2D eigenvalue weighted by atomic mass is 9.79. The molecule has 0 amide bonds. The van der Waals surface area contributed by atoms with Gasteiger partial charge in [0.25, 0.3) is 0 Å². The second-order valence-electron chi connectivity index (χ2n) is 8.17. The van der Waals surface area contributed by atoms with Crippen LogP contribution in [0.3, 0.4) is 0 Å². The van der Waals surface area contributed by atoms with E-state index in [0.29, 0.717) is 11.1 Å². The van der Waals surface area contributed by atoms with Crippen LogP contribution in [0.2, 0.25) is 0 Å². The summed E-state index contributed by atoms with van der Waals surface area (Å²) in [5.41, 5.74) is 4.80. The molecule has 0 bridgehead atoms. The van der Waals surface area contributed by atoms with E-state index in [9.17, 15) is 19.8 Å². The van der Waals surface area contributed by atoms with Crippen LogP contribution in [0.4, 0.5) is 0 Å². The number of hydrogen-bond acceptors (Lipinski definition) is 2. The second-order valence-corrected chi connectivity index (χ2v) is 8.17. The Balaban J connectivity index is 2.46. The number of carboxylic acids is 2. The van der Waals surface area contributed by atoms with E-state index in [0.717, 1.165) is 22.3 Å². The van der Waals surface area contributed by atoms with Gasteiger partial charge in [-0.2, -0.15) is 0 Å². The number of hydrogen-bond donors (Lipinski definition) is 2. The third-order valence-corrected chi connectivity index (χ3v) is 5.08. The fourth-order valence-corrected chi connectivity index (χ4v) is 3.58. The van der Waals surface area contributed by atoms with Crippen molar-refractivity contribution in [2.45, 2.75) is 33.1 Å². The van der Waals surface area contributed by atoms with Crippen LogP contribution in [0.25, 0.3) is 22.3 Å². The molecule has 29 heavy (non-hydrogen) atoms. The van der Waals surface area contributed by atoms with Crippen molar-refractivity contribution in [2.75, 3.05) is 0 Å². The zero-order valence-corrected chi connectivity index (χ0v) is 17.0. The van der Waals surface area contributed by atoms with Crippen molar-refractivity contribution in [1.82, 2.24) is 0 Å². The molecule has 3 aromatic rings. The summed E-state index contributed by atoms with van der Waals surface area (Å²) < 4.78 is 0. The molecule has 0 spiro atoms. The summed E-state index contributed by atoms with van der Waals surface area (Å²) in [5, 5.41) is 19.4.